The number of morpholine rings is 1. The quantitative estimate of drug-likeness (QED) is 0.749. The third kappa shape index (κ3) is 1.94. The Kier molecular flexibility index (Phi) is 2.60. The van der Waals surface area contributed by atoms with E-state index in [2.05, 4.69) is 0 Å². The van der Waals surface area contributed by atoms with Gasteiger partial charge in [0, 0.05) is 12.2 Å². The van der Waals surface area contributed by atoms with E-state index in [0.717, 1.165) is 11.3 Å². The average Bonchev–Trinajstić information content (AvgIpc) is 2.20. The van der Waals surface area contributed by atoms with Crippen LogP contribution in [0.4, 0.5) is 5.69 Å². The zero-order valence-electron chi connectivity index (χ0n) is 8.56. The number of hydrogen-bond acceptors (Lipinski definition) is 3. The first-order chi connectivity index (χ1) is 7.18. The van der Waals surface area contributed by atoms with E-state index < -0.39 is 0 Å². The van der Waals surface area contributed by atoms with Crippen LogP contribution in [0.2, 0.25) is 0 Å². The van der Waals surface area contributed by atoms with Crippen molar-refractivity contribution in [2.45, 2.75) is 6.92 Å². The van der Waals surface area contributed by atoms with Crippen LogP contribution in [0.3, 0.4) is 0 Å². The van der Waals surface area contributed by atoms with Crippen LogP contribution in [0.5, 0.6) is 5.75 Å². The first-order valence-corrected chi connectivity index (χ1v) is 4.86. The summed E-state index contributed by atoms with van der Waals surface area (Å²) in [6.07, 6.45) is 0. The van der Waals surface area contributed by atoms with E-state index in [9.17, 15) is 9.90 Å². The smallest absolute Gasteiger partial charge is 0.253 e. The van der Waals surface area contributed by atoms with Crippen LogP contribution in [0.15, 0.2) is 18.2 Å². The molecule has 0 saturated carbocycles. The van der Waals surface area contributed by atoms with Crippen molar-refractivity contribution >= 4 is 11.6 Å². The first-order valence-electron chi connectivity index (χ1n) is 4.86. The summed E-state index contributed by atoms with van der Waals surface area (Å²) in [7, 11) is 0. The van der Waals surface area contributed by atoms with Gasteiger partial charge < -0.3 is 14.7 Å². The molecule has 80 valence electrons. The highest BCUT2D eigenvalue weighted by Crippen LogP contribution is 2.24. The fourth-order valence-corrected chi connectivity index (χ4v) is 1.72. The van der Waals surface area contributed by atoms with E-state index in [4.69, 9.17) is 4.74 Å². The van der Waals surface area contributed by atoms with Gasteiger partial charge in [0.2, 0.25) is 0 Å². The fourth-order valence-electron chi connectivity index (χ4n) is 1.72. The number of phenolic OH excluding ortho intramolecular Hbond substituents is 1. The van der Waals surface area contributed by atoms with Crippen LogP contribution in [0, 0.1) is 6.92 Å². The van der Waals surface area contributed by atoms with Crippen LogP contribution in [0.1, 0.15) is 5.56 Å². The van der Waals surface area contributed by atoms with E-state index in [1.54, 1.807) is 23.1 Å². The molecule has 2 rings (SSSR count). The van der Waals surface area contributed by atoms with Gasteiger partial charge in [-0.3, -0.25) is 4.79 Å². The Morgan fingerprint density at radius 2 is 2.27 bits per heavy atom. The molecule has 1 aromatic rings. The number of anilines is 1. The van der Waals surface area contributed by atoms with E-state index in [-0.39, 0.29) is 18.3 Å². The van der Waals surface area contributed by atoms with Crippen LogP contribution < -0.4 is 4.90 Å². The zero-order valence-corrected chi connectivity index (χ0v) is 8.56. The lowest BCUT2D eigenvalue weighted by atomic mass is 10.1. The molecule has 1 N–H and O–H groups in total. The molecule has 0 unspecified atom stereocenters. The number of aromatic hydroxyl groups is 1. The SMILES string of the molecule is Cc1cc(O)ccc1N1CCOCC1=O. The van der Waals surface area contributed by atoms with Crippen LogP contribution >= 0.6 is 0 Å². The summed E-state index contributed by atoms with van der Waals surface area (Å²) in [6, 6.07) is 5.00. The summed E-state index contributed by atoms with van der Waals surface area (Å²) in [5, 5.41) is 9.27. The molecule has 0 aromatic heterocycles. The summed E-state index contributed by atoms with van der Waals surface area (Å²) in [5.74, 6) is 0.187. The number of phenols is 1. The minimum atomic E-state index is -0.0324. The Hall–Kier alpha value is -1.55. The lowest BCUT2D eigenvalue weighted by molar-refractivity contribution is -0.125. The molecule has 1 heterocycles. The van der Waals surface area contributed by atoms with Gasteiger partial charge in [-0.2, -0.15) is 0 Å². The lowest BCUT2D eigenvalue weighted by Gasteiger charge is -2.28. The van der Waals surface area contributed by atoms with Crippen molar-refractivity contribution in [3.63, 3.8) is 0 Å². The third-order valence-corrected chi connectivity index (χ3v) is 2.46. The van der Waals surface area contributed by atoms with Crippen LogP contribution in [0.25, 0.3) is 0 Å². The van der Waals surface area contributed by atoms with Crippen molar-refractivity contribution in [1.29, 1.82) is 0 Å². The second kappa shape index (κ2) is 3.90. The minimum Gasteiger partial charge on any atom is -0.508 e. The number of carbonyl (C=O) groups excluding carboxylic acids is 1. The first kappa shape index (κ1) is 9.98. The highest BCUT2D eigenvalue weighted by Gasteiger charge is 2.21. The Bertz CT molecular complexity index is 389. The maximum Gasteiger partial charge on any atom is 0.253 e. The van der Waals surface area contributed by atoms with Gasteiger partial charge in [-0.1, -0.05) is 0 Å². The maximum atomic E-state index is 11.6. The zero-order chi connectivity index (χ0) is 10.8. The number of benzene rings is 1. The van der Waals surface area contributed by atoms with Gasteiger partial charge in [-0.25, -0.2) is 0 Å². The Labute approximate surface area is 88.1 Å². The van der Waals surface area contributed by atoms with Crippen molar-refractivity contribution in [2.75, 3.05) is 24.7 Å². The number of ether oxygens (including phenoxy) is 1. The summed E-state index contributed by atoms with van der Waals surface area (Å²) < 4.78 is 5.06. The summed E-state index contributed by atoms with van der Waals surface area (Å²) in [5.41, 5.74) is 1.74. The Balaban J connectivity index is 2.31. The number of nitrogens with zero attached hydrogens (tertiary/aromatic N) is 1. The van der Waals surface area contributed by atoms with Crippen molar-refractivity contribution in [1.82, 2.24) is 0 Å². The topological polar surface area (TPSA) is 49.8 Å². The summed E-state index contributed by atoms with van der Waals surface area (Å²) in [6.45, 7) is 3.15. The molecule has 4 nitrogen and oxygen atoms in total. The van der Waals surface area contributed by atoms with Crippen molar-refractivity contribution < 1.29 is 14.6 Å². The van der Waals surface area contributed by atoms with Gasteiger partial charge in [0.1, 0.15) is 12.4 Å². The molecule has 1 saturated heterocycles. The predicted molar refractivity (Wildman–Crippen MR) is 56.0 cm³/mol. The van der Waals surface area contributed by atoms with Gasteiger partial charge >= 0.3 is 0 Å². The summed E-state index contributed by atoms with van der Waals surface area (Å²) >= 11 is 0. The molecule has 1 amide bonds. The molecule has 4 heteroatoms. The van der Waals surface area contributed by atoms with E-state index >= 15 is 0 Å². The molecule has 0 atom stereocenters. The number of rotatable bonds is 1. The molecule has 0 spiro atoms. The number of hydrogen-bond donors (Lipinski definition) is 1. The fraction of sp³-hybridized carbons (Fsp3) is 0.364. The molecule has 0 aliphatic carbocycles. The van der Waals surface area contributed by atoms with Gasteiger partial charge in [0.05, 0.1) is 6.61 Å². The summed E-state index contributed by atoms with van der Waals surface area (Å²) in [4.78, 5) is 13.3. The molecule has 0 bridgehead atoms. The molecule has 15 heavy (non-hydrogen) atoms. The molecule has 0 radical (unpaired) electrons. The standard InChI is InChI=1S/C11H13NO3/c1-8-6-9(13)2-3-10(8)12-4-5-15-7-11(12)14/h2-3,6,13H,4-5,7H2,1H3. The van der Waals surface area contributed by atoms with Gasteiger partial charge in [-0.15, -0.1) is 0 Å². The van der Waals surface area contributed by atoms with Crippen LogP contribution in [-0.2, 0) is 9.53 Å². The van der Waals surface area contributed by atoms with Crippen LogP contribution in [-0.4, -0.2) is 30.8 Å². The molecular weight excluding hydrogens is 194 g/mol. The normalized spacial score (nSPS) is 16.9. The Morgan fingerprint density at radius 1 is 1.47 bits per heavy atom. The molecule has 1 aliphatic heterocycles. The number of amides is 1. The van der Waals surface area contributed by atoms with Gasteiger partial charge in [0.15, 0.2) is 0 Å². The van der Waals surface area contributed by atoms with Crippen molar-refractivity contribution in [3.05, 3.63) is 23.8 Å². The second-order valence-electron chi connectivity index (χ2n) is 3.57. The minimum absolute atomic E-state index is 0.0324. The van der Waals surface area contributed by atoms with Crippen molar-refractivity contribution in [3.8, 4) is 5.75 Å². The highest BCUT2D eigenvalue weighted by atomic mass is 16.5. The predicted octanol–water partition coefficient (Wildman–Crippen LogP) is 1.06. The van der Waals surface area contributed by atoms with Crippen molar-refractivity contribution in [2.24, 2.45) is 0 Å². The Morgan fingerprint density at radius 3 is 2.93 bits per heavy atom. The van der Waals surface area contributed by atoms with Gasteiger partial charge in [-0.05, 0) is 30.7 Å². The lowest BCUT2D eigenvalue weighted by Crippen LogP contribution is -2.41. The largest absolute Gasteiger partial charge is 0.508 e. The number of aryl methyl sites for hydroxylation is 1. The third-order valence-electron chi connectivity index (χ3n) is 2.46. The molecule has 1 aliphatic rings. The van der Waals surface area contributed by atoms with E-state index in [0.29, 0.717) is 13.2 Å². The number of carbonyl (C=O) groups is 1. The highest BCUT2D eigenvalue weighted by molar-refractivity contribution is 5.95. The monoisotopic (exact) mass is 207 g/mol. The van der Waals surface area contributed by atoms with E-state index in [1.807, 2.05) is 6.92 Å². The second-order valence-corrected chi connectivity index (χ2v) is 3.57. The molecular formula is C11H13NO3. The maximum absolute atomic E-state index is 11.6. The molecule has 1 aromatic carbocycles. The molecule has 1 fully saturated rings. The van der Waals surface area contributed by atoms with Gasteiger partial charge in [0.25, 0.3) is 5.91 Å². The van der Waals surface area contributed by atoms with E-state index in [1.165, 1.54) is 0 Å². The average molecular weight is 207 g/mol.